The number of rotatable bonds is 9. The Morgan fingerprint density at radius 2 is 1.44 bits per heavy atom. The second-order valence-electron chi connectivity index (χ2n) is 7.01. The highest BCUT2D eigenvalue weighted by atomic mass is 31.2. The van der Waals surface area contributed by atoms with Gasteiger partial charge < -0.3 is 14.8 Å². The van der Waals surface area contributed by atoms with E-state index in [9.17, 15) is 9.36 Å². The molecule has 0 spiro atoms. The molecule has 1 unspecified atom stereocenters. The maximum atomic E-state index is 13.9. The lowest BCUT2D eigenvalue weighted by Gasteiger charge is -2.31. The van der Waals surface area contributed by atoms with Crippen LogP contribution >= 0.6 is 7.60 Å². The van der Waals surface area contributed by atoms with Crippen LogP contribution in [0.1, 0.15) is 54.8 Å². The van der Waals surface area contributed by atoms with E-state index in [0.29, 0.717) is 17.5 Å². The number of carbonyl (C=O) groups excluding carboxylic acids is 1. The maximum absolute atomic E-state index is 13.9. The summed E-state index contributed by atoms with van der Waals surface area (Å²) in [4.78, 5) is 12.0. The summed E-state index contributed by atoms with van der Waals surface area (Å²) in [5.74, 6) is -0.565. The zero-order valence-corrected chi connectivity index (χ0v) is 17.2. The van der Waals surface area contributed by atoms with Gasteiger partial charge in [-0.1, -0.05) is 48.5 Å². The van der Waals surface area contributed by atoms with Crippen molar-refractivity contribution >= 4 is 13.5 Å². The SMILES string of the molecule is CC(C)OP(=O)(OC(C)C)C(Cc1ccccc1)c1ccccc1C(N)=O. The summed E-state index contributed by atoms with van der Waals surface area (Å²) in [7, 11) is -3.60. The molecule has 2 aromatic rings. The molecule has 1 atom stereocenters. The van der Waals surface area contributed by atoms with Crippen LogP contribution in [0.3, 0.4) is 0 Å². The molecule has 146 valence electrons. The van der Waals surface area contributed by atoms with Gasteiger partial charge in [-0.2, -0.15) is 0 Å². The predicted octanol–water partition coefficient (Wildman–Crippen LogP) is 5.11. The Labute approximate surface area is 161 Å². The Balaban J connectivity index is 2.61. The molecule has 0 bridgehead atoms. The number of primary amides is 1. The van der Waals surface area contributed by atoms with Crippen molar-refractivity contribution in [3.8, 4) is 0 Å². The fraction of sp³-hybridized carbons (Fsp3) is 0.381. The first-order chi connectivity index (χ1) is 12.7. The van der Waals surface area contributed by atoms with E-state index in [1.165, 1.54) is 0 Å². The summed E-state index contributed by atoms with van der Waals surface area (Å²) in [5.41, 5.74) is 6.82. The number of carbonyl (C=O) groups is 1. The summed E-state index contributed by atoms with van der Waals surface area (Å²) in [5, 5.41) is 0. The highest BCUT2D eigenvalue weighted by Crippen LogP contribution is 2.64. The Kier molecular flexibility index (Phi) is 7.37. The lowest BCUT2D eigenvalue weighted by atomic mass is 9.99. The highest BCUT2D eigenvalue weighted by Gasteiger charge is 2.40. The first-order valence-electron chi connectivity index (χ1n) is 9.12. The van der Waals surface area contributed by atoms with E-state index in [1.54, 1.807) is 24.3 Å². The number of nitrogens with two attached hydrogens (primary N) is 1. The zero-order valence-electron chi connectivity index (χ0n) is 16.3. The van der Waals surface area contributed by atoms with E-state index in [4.69, 9.17) is 14.8 Å². The molecule has 0 aromatic heterocycles. The third kappa shape index (κ3) is 5.77. The molecule has 2 N–H and O–H groups in total. The van der Waals surface area contributed by atoms with Crippen molar-refractivity contribution in [3.63, 3.8) is 0 Å². The maximum Gasteiger partial charge on any atom is 0.338 e. The van der Waals surface area contributed by atoms with Crippen molar-refractivity contribution in [1.82, 2.24) is 0 Å². The third-order valence-electron chi connectivity index (χ3n) is 3.95. The van der Waals surface area contributed by atoms with Crippen LogP contribution in [0.15, 0.2) is 54.6 Å². The van der Waals surface area contributed by atoms with Crippen molar-refractivity contribution in [2.45, 2.75) is 52.0 Å². The Bertz CT molecular complexity index is 791. The van der Waals surface area contributed by atoms with E-state index >= 15 is 0 Å². The summed E-state index contributed by atoms with van der Waals surface area (Å²) in [6.45, 7) is 7.26. The normalized spacial score (nSPS) is 13.1. The summed E-state index contributed by atoms with van der Waals surface area (Å²) in [6.07, 6.45) is -0.191. The molecule has 0 aliphatic heterocycles. The number of hydrogen-bond acceptors (Lipinski definition) is 4. The summed E-state index contributed by atoms with van der Waals surface area (Å²) in [6, 6.07) is 16.6. The van der Waals surface area contributed by atoms with Crippen LogP contribution in [-0.2, 0) is 20.0 Å². The monoisotopic (exact) mass is 389 g/mol. The quantitative estimate of drug-likeness (QED) is 0.604. The topological polar surface area (TPSA) is 78.6 Å². The van der Waals surface area contributed by atoms with Gasteiger partial charge in [-0.25, -0.2) is 0 Å². The van der Waals surface area contributed by atoms with Crippen molar-refractivity contribution in [2.75, 3.05) is 0 Å². The van der Waals surface area contributed by atoms with Gasteiger partial charge in [0.15, 0.2) is 0 Å². The molecular formula is C21H28NO4P. The van der Waals surface area contributed by atoms with Crippen LogP contribution < -0.4 is 5.73 Å². The minimum atomic E-state index is -3.60. The molecule has 27 heavy (non-hydrogen) atoms. The first kappa shape index (κ1) is 21.4. The predicted molar refractivity (Wildman–Crippen MR) is 108 cm³/mol. The standard InChI is InChI=1S/C21H28NO4P/c1-15(2)25-27(24,26-16(3)4)20(14-17-10-6-5-7-11-17)18-12-8-9-13-19(18)21(22)23/h5-13,15-16,20H,14H2,1-4H3,(H2,22,23). The average Bonchev–Trinajstić information content (AvgIpc) is 2.59. The molecule has 0 saturated carbocycles. The number of benzene rings is 2. The molecule has 5 nitrogen and oxygen atoms in total. The van der Waals surface area contributed by atoms with Crippen LogP contribution in [-0.4, -0.2) is 18.1 Å². The van der Waals surface area contributed by atoms with Gasteiger partial charge in [0.25, 0.3) is 0 Å². The van der Waals surface area contributed by atoms with E-state index in [2.05, 4.69) is 0 Å². The van der Waals surface area contributed by atoms with Gasteiger partial charge in [0.1, 0.15) is 0 Å². The molecule has 0 fully saturated rings. The highest BCUT2D eigenvalue weighted by molar-refractivity contribution is 7.54. The molecule has 0 radical (unpaired) electrons. The second-order valence-corrected chi connectivity index (χ2v) is 9.13. The smallest absolute Gasteiger partial charge is 0.338 e. The van der Waals surface area contributed by atoms with Gasteiger partial charge in [0.05, 0.1) is 17.9 Å². The average molecular weight is 389 g/mol. The molecule has 2 aromatic carbocycles. The molecule has 6 heteroatoms. The molecular weight excluding hydrogens is 361 g/mol. The van der Waals surface area contributed by atoms with Crippen molar-refractivity contribution in [3.05, 3.63) is 71.3 Å². The van der Waals surface area contributed by atoms with Crippen LogP contribution in [0.4, 0.5) is 0 Å². The largest absolute Gasteiger partial charge is 0.366 e. The minimum absolute atomic E-state index is 0.298. The molecule has 0 aliphatic carbocycles. The first-order valence-corrected chi connectivity index (χ1v) is 10.7. The Morgan fingerprint density at radius 3 is 1.96 bits per heavy atom. The molecule has 0 aliphatic rings. The molecule has 2 rings (SSSR count). The van der Waals surface area contributed by atoms with E-state index in [-0.39, 0.29) is 12.2 Å². The van der Waals surface area contributed by atoms with Gasteiger partial charge in [-0.05, 0) is 51.3 Å². The minimum Gasteiger partial charge on any atom is -0.366 e. The van der Waals surface area contributed by atoms with E-state index in [0.717, 1.165) is 5.56 Å². The van der Waals surface area contributed by atoms with Crippen LogP contribution in [0.25, 0.3) is 0 Å². The Morgan fingerprint density at radius 1 is 0.926 bits per heavy atom. The zero-order chi connectivity index (χ0) is 20.0. The molecule has 0 heterocycles. The van der Waals surface area contributed by atoms with Crippen LogP contribution in [0.2, 0.25) is 0 Å². The lowest BCUT2D eigenvalue weighted by Crippen LogP contribution is -2.20. The molecule has 1 amide bonds. The summed E-state index contributed by atoms with van der Waals surface area (Å²) >= 11 is 0. The van der Waals surface area contributed by atoms with Crippen molar-refractivity contribution in [2.24, 2.45) is 5.73 Å². The number of hydrogen-bond donors (Lipinski definition) is 1. The van der Waals surface area contributed by atoms with Gasteiger partial charge in [0.2, 0.25) is 5.91 Å². The third-order valence-corrected chi connectivity index (χ3v) is 6.61. The van der Waals surface area contributed by atoms with Gasteiger partial charge in [0, 0.05) is 5.56 Å². The van der Waals surface area contributed by atoms with Gasteiger partial charge >= 0.3 is 7.60 Å². The van der Waals surface area contributed by atoms with E-state index in [1.807, 2.05) is 58.0 Å². The van der Waals surface area contributed by atoms with Crippen molar-refractivity contribution < 1.29 is 18.4 Å². The fourth-order valence-electron chi connectivity index (χ4n) is 3.00. The Hall–Kier alpha value is -1.94. The lowest BCUT2D eigenvalue weighted by molar-refractivity contribution is 0.0999. The van der Waals surface area contributed by atoms with Gasteiger partial charge in [-0.3, -0.25) is 9.36 Å². The van der Waals surface area contributed by atoms with Crippen LogP contribution in [0.5, 0.6) is 0 Å². The van der Waals surface area contributed by atoms with Gasteiger partial charge in [-0.15, -0.1) is 0 Å². The van der Waals surface area contributed by atoms with E-state index < -0.39 is 19.2 Å². The second kappa shape index (κ2) is 9.32. The van der Waals surface area contributed by atoms with Crippen molar-refractivity contribution in [1.29, 1.82) is 0 Å². The molecule has 0 saturated heterocycles. The summed E-state index contributed by atoms with van der Waals surface area (Å²) < 4.78 is 25.6. The number of amides is 1. The van der Waals surface area contributed by atoms with Crippen LogP contribution in [0, 0.1) is 0 Å². The fourth-order valence-corrected chi connectivity index (χ4v) is 5.52.